The van der Waals surface area contributed by atoms with E-state index in [0.29, 0.717) is 34.4 Å². The summed E-state index contributed by atoms with van der Waals surface area (Å²) in [4.78, 5) is 11.8. The third-order valence-corrected chi connectivity index (χ3v) is 6.04. The van der Waals surface area contributed by atoms with Gasteiger partial charge in [-0.25, -0.2) is 13.5 Å². The number of benzene rings is 2. The average Bonchev–Trinajstić information content (AvgIpc) is 3.12. The third-order valence-electron chi connectivity index (χ3n) is 4.66. The van der Waals surface area contributed by atoms with Gasteiger partial charge in [0.05, 0.1) is 4.90 Å². The number of aryl methyl sites for hydroxylation is 1. The predicted octanol–water partition coefficient (Wildman–Crippen LogP) is 4.84. The van der Waals surface area contributed by atoms with Crippen LogP contribution in [0.2, 0.25) is 5.02 Å². The summed E-state index contributed by atoms with van der Waals surface area (Å²) in [6, 6.07) is 15.8. The van der Waals surface area contributed by atoms with Gasteiger partial charge in [-0.1, -0.05) is 23.7 Å². The van der Waals surface area contributed by atoms with Crippen LogP contribution in [0.5, 0.6) is 0 Å². The van der Waals surface area contributed by atoms with Gasteiger partial charge >= 0.3 is 0 Å². The van der Waals surface area contributed by atoms with Crippen LogP contribution in [0, 0.1) is 0 Å². The quantitative estimate of drug-likeness (QED) is 0.413. The number of hydrogen-bond acceptors (Lipinski definition) is 5. The van der Waals surface area contributed by atoms with Crippen LogP contribution in [0.3, 0.4) is 0 Å². The van der Waals surface area contributed by atoms with E-state index in [-0.39, 0.29) is 17.2 Å². The van der Waals surface area contributed by atoms with Crippen molar-refractivity contribution in [1.29, 1.82) is 0 Å². The Morgan fingerprint density at radius 2 is 1.67 bits per heavy atom. The molecular formula is C22H22ClNO5S. The minimum atomic E-state index is -3.29. The number of carbonyl (C=O) groups is 1. The highest BCUT2D eigenvalue weighted by atomic mass is 35.5. The van der Waals surface area contributed by atoms with Crippen molar-refractivity contribution in [2.45, 2.75) is 24.2 Å². The summed E-state index contributed by atoms with van der Waals surface area (Å²) in [5.74, 6) is 0.935. The second-order valence-electron chi connectivity index (χ2n) is 7.03. The van der Waals surface area contributed by atoms with Crippen LogP contribution in [0.4, 0.5) is 0 Å². The van der Waals surface area contributed by atoms with Crippen LogP contribution in [0.15, 0.2) is 63.9 Å². The maximum Gasteiger partial charge on any atom is 0.245 e. The van der Waals surface area contributed by atoms with Crippen LogP contribution in [-0.2, 0) is 21.1 Å². The van der Waals surface area contributed by atoms with Gasteiger partial charge in [0.2, 0.25) is 5.91 Å². The predicted molar refractivity (Wildman–Crippen MR) is 115 cm³/mol. The van der Waals surface area contributed by atoms with Gasteiger partial charge in [-0.2, -0.15) is 0 Å². The molecule has 0 saturated carbocycles. The Hall–Kier alpha value is -2.61. The standard InChI is InChI=1S/C22H22ClNO5S/c1-24(26)21(25)5-3-4-18-14-20(15-6-10-17(23)11-7-15)22(29-18)16-8-12-19(13-9-16)30(2,27)28/h6-14,26H,3-5H2,1-2H3. The molecule has 0 aliphatic rings. The number of sulfone groups is 1. The molecule has 0 saturated heterocycles. The van der Waals surface area contributed by atoms with Crippen LogP contribution < -0.4 is 0 Å². The molecule has 0 atom stereocenters. The fourth-order valence-corrected chi connectivity index (χ4v) is 3.81. The van der Waals surface area contributed by atoms with Gasteiger partial charge in [-0.05, 0) is 54.4 Å². The molecule has 158 valence electrons. The fraction of sp³-hybridized carbons (Fsp3) is 0.227. The maximum absolute atomic E-state index is 11.7. The Balaban J connectivity index is 1.94. The van der Waals surface area contributed by atoms with E-state index < -0.39 is 9.84 Å². The Morgan fingerprint density at radius 1 is 1.07 bits per heavy atom. The molecule has 0 unspecified atom stereocenters. The number of hydroxylamine groups is 2. The van der Waals surface area contributed by atoms with E-state index in [1.54, 1.807) is 36.4 Å². The van der Waals surface area contributed by atoms with Crippen molar-refractivity contribution in [3.63, 3.8) is 0 Å². The summed E-state index contributed by atoms with van der Waals surface area (Å²) in [5.41, 5.74) is 2.49. The number of furan rings is 1. The van der Waals surface area contributed by atoms with Crippen molar-refractivity contribution < 1.29 is 22.8 Å². The normalized spacial score (nSPS) is 11.5. The lowest BCUT2D eigenvalue weighted by Crippen LogP contribution is -2.22. The van der Waals surface area contributed by atoms with Gasteiger partial charge in [0.15, 0.2) is 9.84 Å². The van der Waals surface area contributed by atoms with E-state index in [0.717, 1.165) is 22.9 Å². The van der Waals surface area contributed by atoms with E-state index in [2.05, 4.69) is 0 Å². The van der Waals surface area contributed by atoms with Crippen LogP contribution in [0.1, 0.15) is 18.6 Å². The summed E-state index contributed by atoms with van der Waals surface area (Å²) >= 11 is 6.01. The van der Waals surface area contributed by atoms with Gasteiger partial charge in [-0.15, -0.1) is 0 Å². The summed E-state index contributed by atoms with van der Waals surface area (Å²) in [5, 5.41) is 10.4. The molecule has 30 heavy (non-hydrogen) atoms. The minimum Gasteiger partial charge on any atom is -0.460 e. The Bertz CT molecular complexity index is 1130. The summed E-state index contributed by atoms with van der Waals surface area (Å²) in [6.07, 6.45) is 2.39. The number of halogens is 1. The highest BCUT2D eigenvalue weighted by molar-refractivity contribution is 7.90. The summed E-state index contributed by atoms with van der Waals surface area (Å²) < 4.78 is 29.6. The topological polar surface area (TPSA) is 87.8 Å². The number of hydrogen-bond donors (Lipinski definition) is 1. The van der Waals surface area contributed by atoms with E-state index in [4.69, 9.17) is 16.0 Å². The van der Waals surface area contributed by atoms with Crippen molar-refractivity contribution in [1.82, 2.24) is 5.06 Å². The lowest BCUT2D eigenvalue weighted by Gasteiger charge is -2.06. The first-order valence-corrected chi connectivity index (χ1v) is 11.6. The summed E-state index contributed by atoms with van der Waals surface area (Å²) in [7, 11) is -1.99. The van der Waals surface area contributed by atoms with Crippen molar-refractivity contribution in [3.8, 4) is 22.5 Å². The smallest absolute Gasteiger partial charge is 0.245 e. The molecule has 0 aliphatic carbocycles. The molecule has 3 rings (SSSR count). The van der Waals surface area contributed by atoms with E-state index >= 15 is 0 Å². The molecule has 0 aliphatic heterocycles. The first-order valence-electron chi connectivity index (χ1n) is 9.30. The lowest BCUT2D eigenvalue weighted by molar-refractivity contribution is -0.159. The fourth-order valence-electron chi connectivity index (χ4n) is 3.05. The number of rotatable bonds is 7. The molecule has 1 amide bonds. The van der Waals surface area contributed by atoms with Gasteiger partial charge < -0.3 is 4.42 Å². The number of nitrogens with zero attached hydrogens (tertiary/aromatic N) is 1. The maximum atomic E-state index is 11.7. The van der Waals surface area contributed by atoms with E-state index in [1.165, 1.54) is 7.05 Å². The van der Waals surface area contributed by atoms with Crippen molar-refractivity contribution in [3.05, 3.63) is 65.4 Å². The summed E-state index contributed by atoms with van der Waals surface area (Å²) in [6.45, 7) is 0. The first-order chi connectivity index (χ1) is 14.1. The Kier molecular flexibility index (Phi) is 6.65. The van der Waals surface area contributed by atoms with Gasteiger partial charge in [0.1, 0.15) is 11.5 Å². The molecule has 6 nitrogen and oxygen atoms in total. The van der Waals surface area contributed by atoms with Crippen LogP contribution in [0.25, 0.3) is 22.5 Å². The molecule has 1 aromatic heterocycles. The monoisotopic (exact) mass is 447 g/mol. The molecule has 0 fully saturated rings. The van der Waals surface area contributed by atoms with Gasteiger partial charge in [0.25, 0.3) is 0 Å². The largest absolute Gasteiger partial charge is 0.460 e. The molecular weight excluding hydrogens is 426 g/mol. The molecule has 2 aromatic carbocycles. The van der Waals surface area contributed by atoms with Crippen molar-refractivity contribution in [2.24, 2.45) is 0 Å². The third kappa shape index (κ3) is 5.30. The number of amides is 1. The van der Waals surface area contributed by atoms with E-state index in [1.807, 2.05) is 18.2 Å². The molecule has 0 radical (unpaired) electrons. The van der Waals surface area contributed by atoms with Crippen LogP contribution >= 0.6 is 11.6 Å². The van der Waals surface area contributed by atoms with Gasteiger partial charge in [-0.3, -0.25) is 10.0 Å². The molecule has 3 aromatic rings. The lowest BCUT2D eigenvalue weighted by atomic mass is 10.0. The Morgan fingerprint density at radius 3 is 2.23 bits per heavy atom. The molecule has 0 spiro atoms. The highest BCUT2D eigenvalue weighted by Gasteiger charge is 2.17. The Labute approximate surface area is 180 Å². The average molecular weight is 448 g/mol. The molecule has 0 bridgehead atoms. The highest BCUT2D eigenvalue weighted by Crippen LogP contribution is 2.36. The van der Waals surface area contributed by atoms with Gasteiger partial charge in [0, 0.05) is 42.3 Å². The SMILES string of the molecule is CN(O)C(=O)CCCc1cc(-c2ccc(Cl)cc2)c(-c2ccc(S(C)(=O)=O)cc2)o1. The molecule has 8 heteroatoms. The second kappa shape index (κ2) is 9.04. The van der Waals surface area contributed by atoms with Crippen molar-refractivity contribution in [2.75, 3.05) is 13.3 Å². The first kappa shape index (κ1) is 22.1. The minimum absolute atomic E-state index is 0.197. The zero-order valence-electron chi connectivity index (χ0n) is 16.6. The molecule has 1 N–H and O–H groups in total. The van der Waals surface area contributed by atoms with E-state index in [9.17, 15) is 18.4 Å². The molecule has 1 heterocycles. The zero-order chi connectivity index (χ0) is 21.9. The van der Waals surface area contributed by atoms with Crippen LogP contribution in [-0.4, -0.2) is 37.9 Å². The van der Waals surface area contributed by atoms with Crippen molar-refractivity contribution >= 4 is 27.3 Å². The number of carbonyl (C=O) groups excluding carboxylic acids is 1. The second-order valence-corrected chi connectivity index (χ2v) is 9.48. The zero-order valence-corrected chi connectivity index (χ0v) is 18.2.